The van der Waals surface area contributed by atoms with Gasteiger partial charge < -0.3 is 9.73 Å². The van der Waals surface area contributed by atoms with Crippen molar-refractivity contribution in [2.45, 2.75) is 75.8 Å². The van der Waals surface area contributed by atoms with Gasteiger partial charge in [-0.25, -0.2) is 13.4 Å². The minimum Gasteiger partial charge on any atom is -0.441 e. The van der Waals surface area contributed by atoms with Crippen LogP contribution in [0.1, 0.15) is 78.7 Å². The number of sulfone groups is 1. The maximum Gasteiger partial charge on any atom is 0.251 e. The topological polar surface area (TPSA) is 102 Å². The molecule has 0 spiro atoms. The van der Waals surface area contributed by atoms with Crippen LogP contribution in [0.5, 0.6) is 0 Å². The molecule has 2 saturated carbocycles. The molecule has 7 nitrogen and oxygen atoms in total. The summed E-state index contributed by atoms with van der Waals surface area (Å²) in [5.74, 6) is 1.88. The highest BCUT2D eigenvalue weighted by molar-refractivity contribution is 7.91. The third-order valence-corrected chi connectivity index (χ3v) is 10.2. The van der Waals surface area contributed by atoms with E-state index < -0.39 is 9.84 Å². The van der Waals surface area contributed by atoms with Crippen molar-refractivity contribution in [2.75, 3.05) is 0 Å². The second kappa shape index (κ2) is 11.2. The van der Waals surface area contributed by atoms with Crippen LogP contribution in [0.25, 0.3) is 11.5 Å². The summed E-state index contributed by atoms with van der Waals surface area (Å²) in [4.78, 5) is 21.1. The molecule has 2 aliphatic rings. The van der Waals surface area contributed by atoms with Gasteiger partial charge in [0.1, 0.15) is 5.76 Å². The first-order valence-electron chi connectivity index (χ1n) is 13.3. The fraction of sp³-hybridized carbons (Fsp3) is 0.483. The number of carbonyl (C=O) groups is 1. The number of nitrogens with zero attached hydrogens (tertiary/aromatic N) is 2. The van der Waals surface area contributed by atoms with Crippen molar-refractivity contribution in [2.24, 2.45) is 11.8 Å². The van der Waals surface area contributed by atoms with Crippen LogP contribution in [0.15, 0.2) is 53.2 Å². The van der Waals surface area contributed by atoms with E-state index in [9.17, 15) is 13.2 Å². The number of benzene rings is 1. The second-order valence-electron chi connectivity index (χ2n) is 10.5. The van der Waals surface area contributed by atoms with E-state index in [2.05, 4.69) is 15.3 Å². The van der Waals surface area contributed by atoms with Crippen molar-refractivity contribution < 1.29 is 17.6 Å². The number of aryl methyl sites for hydroxylation is 1. The normalized spacial score (nSPS) is 20.7. The number of aromatic nitrogens is 2. The number of amides is 1. The highest BCUT2D eigenvalue weighted by atomic mass is 32.2. The molecule has 37 heavy (non-hydrogen) atoms. The zero-order chi connectivity index (χ0) is 25.8. The van der Waals surface area contributed by atoms with Gasteiger partial charge in [0.2, 0.25) is 5.89 Å². The predicted octanol–water partition coefficient (Wildman–Crippen LogP) is 5.64. The lowest BCUT2D eigenvalue weighted by molar-refractivity contribution is 0.0951. The number of oxazole rings is 1. The van der Waals surface area contributed by atoms with Gasteiger partial charge in [-0.05, 0) is 73.9 Å². The van der Waals surface area contributed by atoms with Gasteiger partial charge in [0, 0.05) is 30.1 Å². The van der Waals surface area contributed by atoms with Gasteiger partial charge in [-0.15, -0.1) is 0 Å². The van der Waals surface area contributed by atoms with Crippen LogP contribution in [0.2, 0.25) is 0 Å². The van der Waals surface area contributed by atoms with Gasteiger partial charge in [0.25, 0.3) is 5.91 Å². The van der Waals surface area contributed by atoms with Gasteiger partial charge in [-0.3, -0.25) is 9.78 Å². The Bertz CT molecular complexity index is 1310. The molecule has 3 aromatic rings. The number of pyridine rings is 1. The van der Waals surface area contributed by atoms with E-state index in [0.29, 0.717) is 46.9 Å². The average Bonchev–Trinajstić information content (AvgIpc) is 3.56. The lowest BCUT2D eigenvalue weighted by Crippen LogP contribution is -2.22. The third-order valence-electron chi connectivity index (χ3n) is 8.05. The standard InChI is InChI=1S/C29H35N3O4S/c1-20-27(19-37(34,35)26-14-13-25(16-26)22-7-3-2-4-8-22)32-29(36-20)24-11-9-23(10-12-24)28(33)31-18-21-6-5-15-30-17-21/h5-6,9-12,15,17,22,25-26H,2-4,7-8,13-14,16,18-19H2,1H3,(H,31,33)/t25-,26-/m0/s1. The van der Waals surface area contributed by atoms with Crippen molar-refractivity contribution in [1.29, 1.82) is 0 Å². The molecule has 1 amide bonds. The van der Waals surface area contributed by atoms with Crippen molar-refractivity contribution >= 4 is 15.7 Å². The number of hydrogen-bond acceptors (Lipinski definition) is 6. The molecule has 2 fully saturated rings. The molecule has 0 radical (unpaired) electrons. The molecular formula is C29H35N3O4S. The predicted molar refractivity (Wildman–Crippen MR) is 142 cm³/mol. The summed E-state index contributed by atoms with van der Waals surface area (Å²) in [5.41, 5.74) is 2.63. The monoisotopic (exact) mass is 521 g/mol. The summed E-state index contributed by atoms with van der Waals surface area (Å²) in [6, 6.07) is 10.7. The van der Waals surface area contributed by atoms with E-state index >= 15 is 0 Å². The SMILES string of the molecule is Cc1oc(-c2ccc(C(=O)NCc3cccnc3)cc2)nc1CS(=O)(=O)[C@H]1CC[C@H](C2CCCCC2)C1. The first kappa shape index (κ1) is 25.6. The van der Waals surface area contributed by atoms with Crippen molar-refractivity contribution in [3.05, 3.63) is 71.4 Å². The van der Waals surface area contributed by atoms with Crippen LogP contribution in [0.4, 0.5) is 0 Å². The van der Waals surface area contributed by atoms with Crippen LogP contribution >= 0.6 is 0 Å². The van der Waals surface area contributed by atoms with Crippen LogP contribution < -0.4 is 5.32 Å². The van der Waals surface area contributed by atoms with Crippen LogP contribution in [0, 0.1) is 18.8 Å². The van der Waals surface area contributed by atoms with Crippen LogP contribution in [-0.4, -0.2) is 29.5 Å². The lowest BCUT2D eigenvalue weighted by atomic mass is 9.79. The molecule has 1 N–H and O–H groups in total. The highest BCUT2D eigenvalue weighted by Crippen LogP contribution is 2.42. The molecule has 0 bridgehead atoms. The maximum atomic E-state index is 13.3. The van der Waals surface area contributed by atoms with E-state index in [1.54, 1.807) is 43.6 Å². The van der Waals surface area contributed by atoms with Gasteiger partial charge >= 0.3 is 0 Å². The largest absolute Gasteiger partial charge is 0.441 e. The van der Waals surface area contributed by atoms with Gasteiger partial charge in [0.05, 0.1) is 16.7 Å². The fourth-order valence-corrected chi connectivity index (χ4v) is 7.80. The molecule has 2 atom stereocenters. The lowest BCUT2D eigenvalue weighted by Gasteiger charge is -2.27. The first-order valence-corrected chi connectivity index (χ1v) is 15.1. The summed E-state index contributed by atoms with van der Waals surface area (Å²) in [5, 5.41) is 2.60. The molecule has 0 unspecified atom stereocenters. The third kappa shape index (κ3) is 6.12. The average molecular weight is 522 g/mol. The highest BCUT2D eigenvalue weighted by Gasteiger charge is 2.38. The molecule has 0 saturated heterocycles. The Hall–Kier alpha value is -3.00. The Morgan fingerprint density at radius 3 is 2.54 bits per heavy atom. The molecular weight excluding hydrogens is 486 g/mol. The quantitative estimate of drug-likeness (QED) is 0.412. The van der Waals surface area contributed by atoms with Gasteiger partial charge in [-0.1, -0.05) is 38.2 Å². The minimum absolute atomic E-state index is 0.0841. The Morgan fingerprint density at radius 2 is 1.81 bits per heavy atom. The van der Waals surface area contributed by atoms with Crippen LogP contribution in [0.3, 0.4) is 0 Å². The smallest absolute Gasteiger partial charge is 0.251 e. The Balaban J connectivity index is 1.21. The Kier molecular flexibility index (Phi) is 7.74. The molecule has 0 aliphatic heterocycles. The molecule has 8 heteroatoms. The first-order chi connectivity index (χ1) is 17.9. The number of nitrogens with one attached hydrogen (secondary N) is 1. The molecule has 196 valence electrons. The summed E-state index contributed by atoms with van der Waals surface area (Å²) in [6.45, 7) is 2.16. The summed E-state index contributed by atoms with van der Waals surface area (Å²) in [6.07, 6.45) is 12.4. The van der Waals surface area contributed by atoms with Crippen LogP contribution in [-0.2, 0) is 22.1 Å². The maximum absolute atomic E-state index is 13.3. The zero-order valence-corrected chi connectivity index (χ0v) is 22.2. The summed E-state index contributed by atoms with van der Waals surface area (Å²) >= 11 is 0. The van der Waals surface area contributed by atoms with Crippen molar-refractivity contribution in [1.82, 2.24) is 15.3 Å². The van der Waals surface area contributed by atoms with Gasteiger partial charge in [-0.2, -0.15) is 0 Å². The molecule has 2 heterocycles. The fourth-order valence-electron chi connectivity index (χ4n) is 5.88. The summed E-state index contributed by atoms with van der Waals surface area (Å²) in [7, 11) is -3.30. The zero-order valence-electron chi connectivity index (χ0n) is 21.4. The minimum atomic E-state index is -3.30. The van der Waals surface area contributed by atoms with E-state index in [-0.39, 0.29) is 16.9 Å². The second-order valence-corrected chi connectivity index (χ2v) is 12.8. The molecule has 1 aromatic carbocycles. The van der Waals surface area contributed by atoms with Gasteiger partial charge in [0.15, 0.2) is 9.84 Å². The van der Waals surface area contributed by atoms with E-state index in [0.717, 1.165) is 24.8 Å². The number of rotatable bonds is 8. The van der Waals surface area contributed by atoms with Crippen molar-refractivity contribution in [3.8, 4) is 11.5 Å². The molecule has 2 aliphatic carbocycles. The Labute approximate surface area is 219 Å². The van der Waals surface area contributed by atoms with E-state index in [4.69, 9.17) is 4.42 Å². The number of carbonyl (C=O) groups excluding carboxylic acids is 1. The van der Waals surface area contributed by atoms with E-state index in [1.807, 2.05) is 12.1 Å². The van der Waals surface area contributed by atoms with E-state index in [1.165, 1.54) is 32.1 Å². The Morgan fingerprint density at radius 1 is 1.03 bits per heavy atom. The van der Waals surface area contributed by atoms with Crippen molar-refractivity contribution in [3.63, 3.8) is 0 Å². The molecule has 2 aromatic heterocycles. The molecule has 5 rings (SSSR count). The summed E-state index contributed by atoms with van der Waals surface area (Å²) < 4.78 is 32.4. The number of hydrogen-bond donors (Lipinski definition) is 1.